The van der Waals surface area contributed by atoms with Gasteiger partial charge in [0.1, 0.15) is 11.5 Å². The van der Waals surface area contributed by atoms with E-state index in [2.05, 4.69) is 0 Å². The second-order valence-corrected chi connectivity index (χ2v) is 5.35. The molecular formula is C17H20ClNO2. The van der Waals surface area contributed by atoms with E-state index in [0.29, 0.717) is 11.6 Å². The second-order valence-electron chi connectivity index (χ2n) is 4.92. The molecule has 0 saturated heterocycles. The lowest BCUT2D eigenvalue weighted by molar-refractivity contribution is 0.317. The van der Waals surface area contributed by atoms with Crippen molar-refractivity contribution in [2.75, 3.05) is 13.7 Å². The lowest BCUT2D eigenvalue weighted by Gasteiger charge is -2.14. The van der Waals surface area contributed by atoms with Crippen LogP contribution in [-0.4, -0.2) is 13.7 Å². The molecule has 3 nitrogen and oxygen atoms in total. The monoisotopic (exact) mass is 305 g/mol. The van der Waals surface area contributed by atoms with Crippen LogP contribution in [0, 0.1) is 0 Å². The van der Waals surface area contributed by atoms with Crippen molar-refractivity contribution in [2.24, 2.45) is 5.73 Å². The Kier molecular flexibility index (Phi) is 5.48. The van der Waals surface area contributed by atoms with E-state index in [0.717, 1.165) is 23.5 Å². The van der Waals surface area contributed by atoms with Crippen molar-refractivity contribution >= 4 is 11.6 Å². The van der Waals surface area contributed by atoms with Crippen molar-refractivity contribution in [1.29, 1.82) is 0 Å². The number of halogens is 1. The Morgan fingerprint density at radius 2 is 1.86 bits per heavy atom. The van der Waals surface area contributed by atoms with E-state index in [4.69, 9.17) is 26.8 Å². The Labute approximate surface area is 130 Å². The molecule has 0 aromatic heterocycles. The smallest absolute Gasteiger partial charge is 0.124 e. The topological polar surface area (TPSA) is 44.5 Å². The molecule has 0 fully saturated rings. The highest BCUT2D eigenvalue weighted by molar-refractivity contribution is 6.30. The molecule has 2 N–H and O–H groups in total. The van der Waals surface area contributed by atoms with E-state index in [1.54, 1.807) is 7.11 Å². The summed E-state index contributed by atoms with van der Waals surface area (Å²) in [7, 11) is 1.66. The average molecular weight is 306 g/mol. The molecular weight excluding hydrogens is 286 g/mol. The number of rotatable bonds is 6. The standard InChI is InChI=1S/C17H20ClNO2/c1-12(19)16-11-14(18)5-8-17(16)21-10-9-13-3-6-15(20-2)7-4-13/h3-8,11-12H,9-10,19H2,1-2H3/t12-/m1/s1. The molecule has 0 aliphatic carbocycles. The molecule has 1 atom stereocenters. The Hall–Kier alpha value is -1.71. The first-order valence-corrected chi connectivity index (χ1v) is 7.28. The van der Waals surface area contributed by atoms with Crippen LogP contribution >= 0.6 is 11.6 Å². The number of hydrogen-bond acceptors (Lipinski definition) is 3. The van der Waals surface area contributed by atoms with Crippen LogP contribution in [0.15, 0.2) is 42.5 Å². The van der Waals surface area contributed by atoms with E-state index in [1.165, 1.54) is 5.56 Å². The fourth-order valence-electron chi connectivity index (χ4n) is 2.08. The van der Waals surface area contributed by atoms with Gasteiger partial charge in [-0.2, -0.15) is 0 Å². The van der Waals surface area contributed by atoms with Crippen LogP contribution in [0.5, 0.6) is 11.5 Å². The van der Waals surface area contributed by atoms with Crippen molar-refractivity contribution < 1.29 is 9.47 Å². The summed E-state index contributed by atoms with van der Waals surface area (Å²) in [6, 6.07) is 13.4. The Morgan fingerprint density at radius 1 is 1.14 bits per heavy atom. The van der Waals surface area contributed by atoms with Crippen molar-refractivity contribution in [3.05, 3.63) is 58.6 Å². The van der Waals surface area contributed by atoms with Gasteiger partial charge >= 0.3 is 0 Å². The lowest BCUT2D eigenvalue weighted by atomic mass is 10.1. The van der Waals surface area contributed by atoms with Crippen LogP contribution in [-0.2, 0) is 6.42 Å². The highest BCUT2D eigenvalue weighted by atomic mass is 35.5. The highest BCUT2D eigenvalue weighted by Crippen LogP contribution is 2.27. The lowest BCUT2D eigenvalue weighted by Crippen LogP contribution is -2.09. The highest BCUT2D eigenvalue weighted by Gasteiger charge is 2.09. The Bertz CT molecular complexity index is 582. The molecule has 0 amide bonds. The predicted octanol–water partition coefficient (Wildman–Crippen LogP) is 3.99. The summed E-state index contributed by atoms with van der Waals surface area (Å²) in [5.41, 5.74) is 8.07. The minimum Gasteiger partial charge on any atom is -0.497 e. The van der Waals surface area contributed by atoms with Gasteiger partial charge in [-0.1, -0.05) is 23.7 Å². The van der Waals surface area contributed by atoms with E-state index >= 15 is 0 Å². The van der Waals surface area contributed by atoms with Gasteiger partial charge in [-0.25, -0.2) is 0 Å². The number of ether oxygens (including phenoxy) is 2. The van der Waals surface area contributed by atoms with Gasteiger partial charge in [-0.3, -0.25) is 0 Å². The fourth-order valence-corrected chi connectivity index (χ4v) is 2.26. The van der Waals surface area contributed by atoms with Crippen molar-refractivity contribution in [3.8, 4) is 11.5 Å². The SMILES string of the molecule is COc1ccc(CCOc2ccc(Cl)cc2[C@@H](C)N)cc1. The van der Waals surface area contributed by atoms with Crippen LogP contribution in [0.1, 0.15) is 24.1 Å². The van der Waals surface area contributed by atoms with Gasteiger partial charge in [0.15, 0.2) is 0 Å². The zero-order valence-corrected chi connectivity index (χ0v) is 13.1. The number of benzene rings is 2. The van der Waals surface area contributed by atoms with Gasteiger partial charge in [-0.15, -0.1) is 0 Å². The molecule has 112 valence electrons. The molecule has 0 saturated carbocycles. The van der Waals surface area contributed by atoms with E-state index in [9.17, 15) is 0 Å². The Morgan fingerprint density at radius 3 is 2.48 bits per heavy atom. The van der Waals surface area contributed by atoms with Crippen LogP contribution in [0.25, 0.3) is 0 Å². The predicted molar refractivity (Wildman–Crippen MR) is 86.2 cm³/mol. The molecule has 2 aromatic rings. The summed E-state index contributed by atoms with van der Waals surface area (Å²) in [4.78, 5) is 0. The van der Waals surface area contributed by atoms with Gasteiger partial charge < -0.3 is 15.2 Å². The van der Waals surface area contributed by atoms with Gasteiger partial charge in [0.2, 0.25) is 0 Å². The van der Waals surface area contributed by atoms with Crippen LogP contribution in [0.4, 0.5) is 0 Å². The minimum absolute atomic E-state index is 0.111. The summed E-state index contributed by atoms with van der Waals surface area (Å²) in [5, 5.41) is 0.671. The number of hydrogen-bond donors (Lipinski definition) is 1. The van der Waals surface area contributed by atoms with Crippen molar-refractivity contribution in [3.63, 3.8) is 0 Å². The maximum Gasteiger partial charge on any atom is 0.124 e. The molecule has 4 heteroatoms. The van der Waals surface area contributed by atoms with Crippen molar-refractivity contribution in [2.45, 2.75) is 19.4 Å². The third kappa shape index (κ3) is 4.38. The summed E-state index contributed by atoms with van der Waals surface area (Å²) in [5.74, 6) is 1.65. The van der Waals surface area contributed by atoms with E-state index in [1.807, 2.05) is 49.4 Å². The van der Waals surface area contributed by atoms with Crippen LogP contribution in [0.3, 0.4) is 0 Å². The number of methoxy groups -OCH3 is 1. The minimum atomic E-state index is -0.111. The molecule has 0 heterocycles. The summed E-state index contributed by atoms with van der Waals surface area (Å²) < 4.78 is 11.0. The zero-order chi connectivity index (χ0) is 15.2. The fraction of sp³-hybridized carbons (Fsp3) is 0.294. The first-order valence-electron chi connectivity index (χ1n) is 6.91. The first-order chi connectivity index (χ1) is 10.1. The molecule has 21 heavy (non-hydrogen) atoms. The van der Waals surface area contributed by atoms with E-state index in [-0.39, 0.29) is 6.04 Å². The molecule has 0 unspecified atom stereocenters. The molecule has 0 aliphatic heterocycles. The summed E-state index contributed by atoms with van der Waals surface area (Å²) >= 11 is 6.00. The second kappa shape index (κ2) is 7.34. The zero-order valence-electron chi connectivity index (χ0n) is 12.3. The van der Waals surface area contributed by atoms with Crippen LogP contribution in [0.2, 0.25) is 5.02 Å². The third-order valence-corrected chi connectivity index (χ3v) is 3.50. The first kappa shape index (κ1) is 15.7. The Balaban J connectivity index is 1.96. The maximum absolute atomic E-state index is 6.00. The third-order valence-electron chi connectivity index (χ3n) is 3.27. The summed E-state index contributed by atoms with van der Waals surface area (Å²) in [6.45, 7) is 2.51. The molecule has 2 rings (SSSR count). The van der Waals surface area contributed by atoms with Gasteiger partial charge in [0, 0.05) is 23.0 Å². The van der Waals surface area contributed by atoms with Gasteiger partial charge in [0.25, 0.3) is 0 Å². The molecule has 0 radical (unpaired) electrons. The van der Waals surface area contributed by atoms with E-state index < -0.39 is 0 Å². The average Bonchev–Trinajstić information content (AvgIpc) is 2.49. The quantitative estimate of drug-likeness (QED) is 0.877. The molecule has 0 spiro atoms. The molecule has 0 aliphatic rings. The van der Waals surface area contributed by atoms with Gasteiger partial charge in [0.05, 0.1) is 13.7 Å². The molecule has 0 bridgehead atoms. The molecule has 2 aromatic carbocycles. The maximum atomic E-state index is 6.00. The normalized spacial score (nSPS) is 12.0. The van der Waals surface area contributed by atoms with Gasteiger partial charge in [-0.05, 0) is 42.8 Å². The van der Waals surface area contributed by atoms with Crippen molar-refractivity contribution in [1.82, 2.24) is 0 Å². The largest absolute Gasteiger partial charge is 0.497 e. The number of nitrogens with two attached hydrogens (primary N) is 1. The summed E-state index contributed by atoms with van der Waals surface area (Å²) in [6.07, 6.45) is 0.824. The van der Waals surface area contributed by atoms with Crippen LogP contribution < -0.4 is 15.2 Å².